The van der Waals surface area contributed by atoms with E-state index < -0.39 is 0 Å². The van der Waals surface area contributed by atoms with Gasteiger partial charge in [-0.3, -0.25) is 4.79 Å². The minimum Gasteiger partial charge on any atom is -0.293 e. The standard InChI is InChI=1S/C25H22N2OS3/c1-16(23(28)20-13-12-17-7-4-9-19(17)14-20)30-25-27-26-24(31-25)29-15-21-10-5-8-18-6-2-3-11-22(18)21/h2-3,5-6,8,10-14,16H,4,7,9,15H2,1H3/t16-/m1/s1. The Kier molecular flexibility index (Phi) is 6.12. The molecule has 3 aromatic carbocycles. The van der Waals surface area contributed by atoms with Crippen molar-refractivity contribution in [1.82, 2.24) is 10.2 Å². The highest BCUT2D eigenvalue weighted by atomic mass is 32.2. The molecule has 0 N–H and O–H groups in total. The van der Waals surface area contributed by atoms with Crippen LogP contribution in [0.15, 0.2) is 69.3 Å². The molecule has 31 heavy (non-hydrogen) atoms. The van der Waals surface area contributed by atoms with E-state index in [4.69, 9.17) is 0 Å². The molecule has 5 rings (SSSR count). The van der Waals surface area contributed by atoms with Gasteiger partial charge in [0, 0.05) is 11.3 Å². The normalized spacial score (nSPS) is 14.0. The summed E-state index contributed by atoms with van der Waals surface area (Å²) in [6.07, 6.45) is 3.42. The van der Waals surface area contributed by atoms with Gasteiger partial charge < -0.3 is 0 Å². The van der Waals surface area contributed by atoms with Crippen LogP contribution in [0.4, 0.5) is 0 Å². The van der Waals surface area contributed by atoms with Gasteiger partial charge in [0.2, 0.25) is 0 Å². The summed E-state index contributed by atoms with van der Waals surface area (Å²) in [6, 6.07) is 21.1. The van der Waals surface area contributed by atoms with Crippen LogP contribution in [0.1, 0.15) is 40.4 Å². The molecular weight excluding hydrogens is 440 g/mol. The Morgan fingerprint density at radius 1 is 1.00 bits per heavy atom. The molecule has 6 heteroatoms. The number of hydrogen-bond donors (Lipinski definition) is 0. The lowest BCUT2D eigenvalue weighted by Gasteiger charge is -2.09. The van der Waals surface area contributed by atoms with E-state index in [2.05, 4.69) is 64.8 Å². The molecule has 0 fully saturated rings. The number of ketones is 1. The average molecular weight is 463 g/mol. The van der Waals surface area contributed by atoms with Gasteiger partial charge in [-0.05, 0) is 59.7 Å². The monoisotopic (exact) mass is 462 g/mol. The first kappa shape index (κ1) is 20.7. The SMILES string of the molecule is C[C@@H](Sc1nnc(SCc2cccc3ccccc23)s1)C(=O)c1ccc2c(c1)CCC2. The second kappa shape index (κ2) is 9.15. The van der Waals surface area contributed by atoms with Gasteiger partial charge in [0.25, 0.3) is 0 Å². The highest BCUT2D eigenvalue weighted by molar-refractivity contribution is 8.03. The summed E-state index contributed by atoms with van der Waals surface area (Å²) >= 11 is 4.78. The van der Waals surface area contributed by atoms with Gasteiger partial charge in [-0.1, -0.05) is 89.5 Å². The van der Waals surface area contributed by atoms with E-state index in [1.165, 1.54) is 45.6 Å². The van der Waals surface area contributed by atoms with Gasteiger partial charge in [-0.2, -0.15) is 0 Å². The number of benzene rings is 3. The predicted molar refractivity (Wildman–Crippen MR) is 132 cm³/mol. The fraction of sp³-hybridized carbons (Fsp3) is 0.240. The van der Waals surface area contributed by atoms with Crippen LogP contribution in [0.25, 0.3) is 10.8 Å². The van der Waals surface area contributed by atoms with E-state index in [-0.39, 0.29) is 11.0 Å². The molecule has 1 heterocycles. The Bertz CT molecular complexity index is 1250. The van der Waals surface area contributed by atoms with Crippen molar-refractivity contribution >= 4 is 51.4 Å². The molecule has 0 saturated carbocycles. The fourth-order valence-corrected chi connectivity index (χ4v) is 7.27. The zero-order valence-electron chi connectivity index (χ0n) is 17.2. The lowest BCUT2D eigenvalue weighted by atomic mass is 10.0. The van der Waals surface area contributed by atoms with Crippen molar-refractivity contribution in [1.29, 1.82) is 0 Å². The number of carbonyl (C=O) groups excluding carboxylic acids is 1. The number of nitrogens with zero attached hydrogens (tertiary/aromatic N) is 2. The summed E-state index contributed by atoms with van der Waals surface area (Å²) < 4.78 is 1.79. The quantitative estimate of drug-likeness (QED) is 0.222. The van der Waals surface area contributed by atoms with Gasteiger partial charge in [0.1, 0.15) is 0 Å². The largest absolute Gasteiger partial charge is 0.293 e. The van der Waals surface area contributed by atoms with Crippen molar-refractivity contribution in [3.05, 3.63) is 82.9 Å². The fourth-order valence-electron chi connectivity index (χ4n) is 4.03. The van der Waals surface area contributed by atoms with Crippen LogP contribution in [-0.2, 0) is 18.6 Å². The minimum atomic E-state index is -0.177. The highest BCUT2D eigenvalue weighted by Crippen LogP contribution is 2.35. The molecule has 0 bridgehead atoms. The molecular formula is C25H22N2OS3. The Labute approximate surface area is 194 Å². The van der Waals surface area contributed by atoms with Crippen molar-refractivity contribution in [2.24, 2.45) is 0 Å². The lowest BCUT2D eigenvalue weighted by Crippen LogP contribution is -2.13. The molecule has 0 aliphatic heterocycles. The first-order chi connectivity index (χ1) is 15.2. The molecule has 1 aliphatic rings. The van der Waals surface area contributed by atoms with Crippen LogP contribution in [-0.4, -0.2) is 21.2 Å². The zero-order chi connectivity index (χ0) is 21.2. The topological polar surface area (TPSA) is 42.9 Å². The van der Waals surface area contributed by atoms with E-state index in [0.29, 0.717) is 0 Å². The second-order valence-corrected chi connectivity index (χ2v) is 11.5. The van der Waals surface area contributed by atoms with Crippen LogP contribution in [0, 0.1) is 0 Å². The third-order valence-electron chi connectivity index (χ3n) is 5.65. The Morgan fingerprint density at radius 2 is 1.81 bits per heavy atom. The molecule has 0 radical (unpaired) electrons. The number of hydrogen-bond acceptors (Lipinski definition) is 6. The Hall–Kier alpha value is -2.15. The van der Waals surface area contributed by atoms with Crippen molar-refractivity contribution in [3.63, 3.8) is 0 Å². The molecule has 0 amide bonds. The molecule has 1 atom stereocenters. The van der Waals surface area contributed by atoms with Gasteiger partial charge in [0.15, 0.2) is 14.5 Å². The van der Waals surface area contributed by atoms with Crippen LogP contribution in [0.2, 0.25) is 0 Å². The number of aromatic nitrogens is 2. The third kappa shape index (κ3) is 4.56. The molecule has 1 aliphatic carbocycles. The number of Topliss-reactive ketones (excluding diaryl/α,β-unsaturated/α-hetero) is 1. The van der Waals surface area contributed by atoms with E-state index in [0.717, 1.165) is 32.8 Å². The van der Waals surface area contributed by atoms with E-state index in [9.17, 15) is 4.79 Å². The maximum Gasteiger partial charge on any atom is 0.175 e. The average Bonchev–Trinajstić information content (AvgIpc) is 3.45. The van der Waals surface area contributed by atoms with E-state index >= 15 is 0 Å². The number of carbonyl (C=O) groups is 1. The van der Waals surface area contributed by atoms with Crippen molar-refractivity contribution < 1.29 is 4.79 Å². The number of fused-ring (bicyclic) bond motifs is 2. The van der Waals surface area contributed by atoms with Crippen LogP contribution in [0.5, 0.6) is 0 Å². The summed E-state index contributed by atoms with van der Waals surface area (Å²) in [5, 5.41) is 11.0. The first-order valence-electron chi connectivity index (χ1n) is 10.4. The summed E-state index contributed by atoms with van der Waals surface area (Å²) in [7, 11) is 0. The van der Waals surface area contributed by atoms with Gasteiger partial charge >= 0.3 is 0 Å². The maximum absolute atomic E-state index is 12.9. The minimum absolute atomic E-state index is 0.167. The zero-order valence-corrected chi connectivity index (χ0v) is 19.7. The van der Waals surface area contributed by atoms with Crippen molar-refractivity contribution in [2.75, 3.05) is 0 Å². The number of rotatable bonds is 7. The summed E-state index contributed by atoms with van der Waals surface area (Å²) in [6.45, 7) is 1.96. The van der Waals surface area contributed by atoms with E-state index in [1.807, 2.05) is 13.0 Å². The molecule has 0 unspecified atom stereocenters. The summed E-state index contributed by atoms with van der Waals surface area (Å²) in [4.78, 5) is 12.9. The Balaban J connectivity index is 1.23. The maximum atomic E-state index is 12.9. The molecule has 4 aromatic rings. The highest BCUT2D eigenvalue weighted by Gasteiger charge is 2.21. The molecule has 0 spiro atoms. The third-order valence-corrected chi connectivity index (χ3v) is 8.94. The van der Waals surface area contributed by atoms with Crippen molar-refractivity contribution in [2.45, 2.75) is 45.9 Å². The molecule has 156 valence electrons. The summed E-state index contributed by atoms with van der Waals surface area (Å²) in [5.41, 5.74) is 4.85. The van der Waals surface area contributed by atoms with Gasteiger partial charge in [-0.15, -0.1) is 10.2 Å². The Morgan fingerprint density at radius 3 is 2.74 bits per heavy atom. The molecule has 0 saturated heterocycles. The smallest absolute Gasteiger partial charge is 0.175 e. The first-order valence-corrected chi connectivity index (χ1v) is 13.1. The summed E-state index contributed by atoms with van der Waals surface area (Å²) in [5.74, 6) is 1.02. The van der Waals surface area contributed by atoms with Crippen molar-refractivity contribution in [3.8, 4) is 0 Å². The van der Waals surface area contributed by atoms with Gasteiger partial charge in [-0.25, -0.2) is 0 Å². The lowest BCUT2D eigenvalue weighted by molar-refractivity contribution is 0.0994. The van der Waals surface area contributed by atoms with Crippen LogP contribution >= 0.6 is 34.9 Å². The van der Waals surface area contributed by atoms with Crippen LogP contribution < -0.4 is 0 Å². The van der Waals surface area contributed by atoms with Gasteiger partial charge in [0.05, 0.1) is 5.25 Å². The number of aryl methyl sites for hydroxylation is 2. The second-order valence-electron chi connectivity index (χ2n) is 7.72. The molecule has 1 aromatic heterocycles. The molecule has 3 nitrogen and oxygen atoms in total. The van der Waals surface area contributed by atoms with E-state index in [1.54, 1.807) is 23.1 Å². The van der Waals surface area contributed by atoms with Crippen LogP contribution in [0.3, 0.4) is 0 Å². The predicted octanol–water partition coefficient (Wildman–Crippen LogP) is 6.84. The number of thioether (sulfide) groups is 2.